The predicted molar refractivity (Wildman–Crippen MR) is 76.3 cm³/mol. The van der Waals surface area contributed by atoms with Crippen LogP contribution in [0.3, 0.4) is 0 Å². The number of likely N-dealkylation sites (tertiary alicyclic amines) is 1. The molecule has 2 rings (SSSR count). The first-order valence-corrected chi connectivity index (χ1v) is 7.73. The Bertz CT molecular complexity index is 369. The molecule has 0 saturated carbocycles. The van der Waals surface area contributed by atoms with Crippen LogP contribution in [0, 0.1) is 17.8 Å². The molecule has 0 spiro atoms. The van der Waals surface area contributed by atoms with Crippen molar-refractivity contribution in [2.75, 3.05) is 39.3 Å². The van der Waals surface area contributed by atoms with E-state index in [1.165, 1.54) is 0 Å². The summed E-state index contributed by atoms with van der Waals surface area (Å²) in [7, 11) is 0. The molecule has 0 unspecified atom stereocenters. The number of carboxylic acids is 1. The highest BCUT2D eigenvalue weighted by atomic mass is 16.4. The van der Waals surface area contributed by atoms with Crippen molar-refractivity contribution in [1.82, 2.24) is 5.32 Å². The lowest BCUT2D eigenvalue weighted by Gasteiger charge is -2.46. The van der Waals surface area contributed by atoms with E-state index in [0.717, 1.165) is 45.6 Å². The van der Waals surface area contributed by atoms with Gasteiger partial charge in [-0.3, -0.25) is 4.79 Å². The van der Waals surface area contributed by atoms with Crippen LogP contribution < -0.4 is 5.32 Å². The first kappa shape index (κ1) is 15.4. The lowest BCUT2D eigenvalue weighted by molar-refractivity contribution is -0.929. The topological polar surface area (TPSA) is 66.4 Å². The highest BCUT2D eigenvalue weighted by Crippen LogP contribution is 2.28. The van der Waals surface area contributed by atoms with E-state index < -0.39 is 5.97 Å². The van der Waals surface area contributed by atoms with Crippen molar-refractivity contribution < 1.29 is 19.2 Å². The number of rotatable bonds is 6. The van der Waals surface area contributed by atoms with Gasteiger partial charge in [0.15, 0.2) is 6.54 Å². The first-order chi connectivity index (χ1) is 9.42. The first-order valence-electron chi connectivity index (χ1n) is 7.73. The zero-order valence-corrected chi connectivity index (χ0v) is 12.6. The van der Waals surface area contributed by atoms with E-state index in [0.29, 0.717) is 16.2 Å². The molecule has 2 fully saturated rings. The molecule has 0 aliphatic carbocycles. The lowest BCUT2D eigenvalue weighted by atomic mass is 9.85. The van der Waals surface area contributed by atoms with Crippen LogP contribution in [0.25, 0.3) is 0 Å². The van der Waals surface area contributed by atoms with Gasteiger partial charge in [0, 0.05) is 43.7 Å². The van der Waals surface area contributed by atoms with Crippen LogP contribution in [0.1, 0.15) is 26.7 Å². The Morgan fingerprint density at radius 2 is 1.85 bits per heavy atom. The van der Waals surface area contributed by atoms with Gasteiger partial charge in [-0.1, -0.05) is 13.8 Å². The maximum absolute atomic E-state index is 12.1. The van der Waals surface area contributed by atoms with Gasteiger partial charge in [-0.15, -0.1) is 0 Å². The molecule has 0 bridgehead atoms. The van der Waals surface area contributed by atoms with Gasteiger partial charge in [0.1, 0.15) is 5.78 Å². The van der Waals surface area contributed by atoms with Gasteiger partial charge in [0.2, 0.25) is 0 Å². The number of quaternary nitrogens is 1. The molecule has 5 nitrogen and oxygen atoms in total. The number of Topliss-reactive ketones (excluding diaryl/α,β-unsaturated/α-hetero) is 1. The molecule has 114 valence electrons. The van der Waals surface area contributed by atoms with Gasteiger partial charge in [-0.05, 0) is 0 Å². The number of piperidine rings is 1. The van der Waals surface area contributed by atoms with E-state index in [1.807, 2.05) is 13.8 Å². The van der Waals surface area contributed by atoms with E-state index in [-0.39, 0.29) is 18.4 Å². The molecule has 2 aliphatic heterocycles. The summed E-state index contributed by atoms with van der Waals surface area (Å²) in [5.41, 5.74) is 0. The molecule has 2 heterocycles. The smallest absolute Gasteiger partial charge is 0.359 e. The number of ketones is 1. The molecule has 0 amide bonds. The molecule has 0 atom stereocenters. The summed E-state index contributed by atoms with van der Waals surface area (Å²) in [5.74, 6) is 0.478. The SMILES string of the molecule is CC(C)C(=O)C1CC[N+](CC(=O)O)(CC2CNC2)CC1. The van der Waals surface area contributed by atoms with Crippen LogP contribution in [0.5, 0.6) is 0 Å². The number of carbonyl (C=O) groups is 2. The van der Waals surface area contributed by atoms with Crippen molar-refractivity contribution in [3.05, 3.63) is 0 Å². The highest BCUT2D eigenvalue weighted by Gasteiger charge is 2.40. The second kappa shape index (κ2) is 6.22. The average Bonchev–Trinajstić information content (AvgIpc) is 2.33. The van der Waals surface area contributed by atoms with Crippen molar-refractivity contribution in [2.45, 2.75) is 26.7 Å². The number of hydrogen-bond acceptors (Lipinski definition) is 3. The Kier molecular flexibility index (Phi) is 4.81. The number of carbonyl (C=O) groups excluding carboxylic acids is 1. The van der Waals surface area contributed by atoms with Crippen LogP contribution >= 0.6 is 0 Å². The number of carboxylic acid groups (broad SMARTS) is 1. The Morgan fingerprint density at radius 1 is 1.25 bits per heavy atom. The third-order valence-corrected chi connectivity index (χ3v) is 4.86. The second-order valence-corrected chi connectivity index (χ2v) is 6.88. The Morgan fingerprint density at radius 3 is 2.25 bits per heavy atom. The molecule has 0 aromatic heterocycles. The summed E-state index contributed by atoms with van der Waals surface area (Å²) < 4.78 is 0.670. The summed E-state index contributed by atoms with van der Waals surface area (Å²) >= 11 is 0. The molecule has 2 N–H and O–H groups in total. The average molecular weight is 283 g/mol. The minimum atomic E-state index is -0.717. The Labute approximate surface area is 120 Å². The fraction of sp³-hybridized carbons (Fsp3) is 0.867. The quantitative estimate of drug-likeness (QED) is 0.706. The van der Waals surface area contributed by atoms with E-state index in [4.69, 9.17) is 0 Å². The molecule has 0 radical (unpaired) electrons. The van der Waals surface area contributed by atoms with Crippen LogP contribution in [0.15, 0.2) is 0 Å². The van der Waals surface area contributed by atoms with Crippen LogP contribution in [0.2, 0.25) is 0 Å². The molecule has 0 aromatic carbocycles. The van der Waals surface area contributed by atoms with Crippen molar-refractivity contribution in [1.29, 1.82) is 0 Å². The summed E-state index contributed by atoms with van der Waals surface area (Å²) in [4.78, 5) is 23.3. The lowest BCUT2D eigenvalue weighted by Crippen LogP contribution is -2.62. The van der Waals surface area contributed by atoms with Gasteiger partial charge >= 0.3 is 5.97 Å². The van der Waals surface area contributed by atoms with Gasteiger partial charge in [0.05, 0.1) is 19.6 Å². The van der Waals surface area contributed by atoms with E-state index in [2.05, 4.69) is 5.32 Å². The highest BCUT2D eigenvalue weighted by molar-refractivity contribution is 5.82. The van der Waals surface area contributed by atoms with Gasteiger partial charge in [-0.2, -0.15) is 0 Å². The van der Waals surface area contributed by atoms with Gasteiger partial charge < -0.3 is 14.9 Å². The van der Waals surface area contributed by atoms with Gasteiger partial charge in [-0.25, -0.2) is 4.79 Å². The fourth-order valence-electron chi connectivity index (χ4n) is 3.59. The van der Waals surface area contributed by atoms with Crippen molar-refractivity contribution in [3.63, 3.8) is 0 Å². The standard InChI is InChI=1S/C15H26N2O3/c1-11(2)15(20)13-3-5-17(6-4-13,10-14(18)19)9-12-7-16-8-12/h11-13,16H,3-10H2,1-2H3/p+1. The largest absolute Gasteiger partial charge is 0.477 e. The number of nitrogens with one attached hydrogen (secondary N) is 1. The molecule has 20 heavy (non-hydrogen) atoms. The zero-order valence-electron chi connectivity index (χ0n) is 12.6. The maximum atomic E-state index is 12.1. The van der Waals surface area contributed by atoms with E-state index >= 15 is 0 Å². The number of nitrogens with zero attached hydrogens (tertiary/aromatic N) is 1. The summed E-state index contributed by atoms with van der Waals surface area (Å²) in [6, 6.07) is 0. The molecule has 2 saturated heterocycles. The van der Waals surface area contributed by atoms with E-state index in [9.17, 15) is 14.7 Å². The van der Waals surface area contributed by atoms with Crippen molar-refractivity contribution >= 4 is 11.8 Å². The minimum absolute atomic E-state index is 0.0929. The molecule has 2 aliphatic rings. The van der Waals surface area contributed by atoms with Crippen LogP contribution in [0.4, 0.5) is 0 Å². The van der Waals surface area contributed by atoms with Crippen molar-refractivity contribution in [3.8, 4) is 0 Å². The normalized spacial score (nSPS) is 31.1. The predicted octanol–water partition coefficient (Wildman–Crippen LogP) is 0.742. The number of aliphatic carboxylic acids is 1. The van der Waals surface area contributed by atoms with Crippen LogP contribution in [-0.2, 0) is 9.59 Å². The maximum Gasteiger partial charge on any atom is 0.359 e. The third kappa shape index (κ3) is 3.58. The second-order valence-electron chi connectivity index (χ2n) is 6.88. The van der Waals surface area contributed by atoms with Crippen LogP contribution in [-0.4, -0.2) is 60.6 Å². The van der Waals surface area contributed by atoms with E-state index in [1.54, 1.807) is 0 Å². The minimum Gasteiger partial charge on any atom is -0.477 e. The van der Waals surface area contributed by atoms with Crippen molar-refractivity contribution in [2.24, 2.45) is 17.8 Å². The third-order valence-electron chi connectivity index (χ3n) is 4.86. The molecule has 5 heteroatoms. The monoisotopic (exact) mass is 283 g/mol. The zero-order chi connectivity index (χ0) is 14.8. The Hall–Kier alpha value is -0.940. The summed E-state index contributed by atoms with van der Waals surface area (Å²) in [5, 5.41) is 12.5. The molecular formula is C15H27N2O3+. The Balaban J connectivity index is 1.96. The summed E-state index contributed by atoms with van der Waals surface area (Å²) in [6.45, 7) is 8.76. The van der Waals surface area contributed by atoms with Gasteiger partial charge in [0.25, 0.3) is 0 Å². The summed E-state index contributed by atoms with van der Waals surface area (Å²) in [6.07, 6.45) is 1.70. The molecule has 0 aromatic rings. The molecular weight excluding hydrogens is 256 g/mol. The number of hydrogen-bond donors (Lipinski definition) is 2. The fourth-order valence-corrected chi connectivity index (χ4v) is 3.59.